The largest absolute Gasteiger partial charge is 0.484 e. The summed E-state index contributed by atoms with van der Waals surface area (Å²) in [6.07, 6.45) is 0.915. The SMILES string of the molecule is CN1CCN(CCCNC(=O)COc2ccc(F)c(Cl)c2)CC1. The maximum Gasteiger partial charge on any atom is 0.257 e. The molecular formula is C16H23ClFN3O2. The zero-order chi connectivity index (χ0) is 16.7. The van der Waals surface area contributed by atoms with Crippen molar-refractivity contribution in [3.8, 4) is 5.75 Å². The van der Waals surface area contributed by atoms with Crippen molar-refractivity contribution in [1.82, 2.24) is 15.1 Å². The minimum Gasteiger partial charge on any atom is -0.484 e. The lowest BCUT2D eigenvalue weighted by molar-refractivity contribution is -0.123. The second kappa shape index (κ2) is 9.05. The van der Waals surface area contributed by atoms with Gasteiger partial charge in [-0.05, 0) is 32.1 Å². The van der Waals surface area contributed by atoms with E-state index in [0.717, 1.165) is 39.1 Å². The minimum atomic E-state index is -0.507. The van der Waals surface area contributed by atoms with Crippen molar-refractivity contribution in [3.05, 3.63) is 29.0 Å². The van der Waals surface area contributed by atoms with Crippen LogP contribution in [0.1, 0.15) is 6.42 Å². The molecule has 0 atom stereocenters. The van der Waals surface area contributed by atoms with Gasteiger partial charge >= 0.3 is 0 Å². The fraction of sp³-hybridized carbons (Fsp3) is 0.562. The van der Waals surface area contributed by atoms with Crippen LogP contribution in [0.3, 0.4) is 0 Å². The van der Waals surface area contributed by atoms with Crippen LogP contribution in [0, 0.1) is 5.82 Å². The lowest BCUT2D eigenvalue weighted by Gasteiger charge is -2.32. The third-order valence-corrected chi connectivity index (χ3v) is 4.12. The van der Waals surface area contributed by atoms with Gasteiger partial charge < -0.3 is 19.9 Å². The topological polar surface area (TPSA) is 44.8 Å². The van der Waals surface area contributed by atoms with Crippen LogP contribution in [0.15, 0.2) is 18.2 Å². The number of hydrogen-bond acceptors (Lipinski definition) is 4. The maximum absolute atomic E-state index is 13.0. The van der Waals surface area contributed by atoms with E-state index in [4.69, 9.17) is 16.3 Å². The molecule has 128 valence electrons. The Hall–Kier alpha value is -1.37. The fourth-order valence-corrected chi connectivity index (χ4v) is 2.54. The van der Waals surface area contributed by atoms with Gasteiger partial charge in [-0.1, -0.05) is 11.6 Å². The summed E-state index contributed by atoms with van der Waals surface area (Å²) in [5.41, 5.74) is 0. The summed E-state index contributed by atoms with van der Waals surface area (Å²) in [5.74, 6) is -0.319. The van der Waals surface area contributed by atoms with Gasteiger partial charge in [0.1, 0.15) is 11.6 Å². The monoisotopic (exact) mass is 343 g/mol. The number of likely N-dealkylation sites (N-methyl/N-ethyl adjacent to an activating group) is 1. The summed E-state index contributed by atoms with van der Waals surface area (Å²) in [5, 5.41) is 2.80. The molecule has 1 saturated heterocycles. The first-order valence-corrected chi connectivity index (χ1v) is 8.18. The molecule has 0 radical (unpaired) electrons. The number of carbonyl (C=O) groups is 1. The summed E-state index contributed by atoms with van der Waals surface area (Å²) < 4.78 is 18.3. The zero-order valence-electron chi connectivity index (χ0n) is 13.4. The summed E-state index contributed by atoms with van der Waals surface area (Å²) in [7, 11) is 2.13. The first-order valence-electron chi connectivity index (χ1n) is 7.80. The van der Waals surface area contributed by atoms with Crippen LogP contribution in [-0.4, -0.2) is 68.6 Å². The second-order valence-corrected chi connectivity index (χ2v) is 6.12. The van der Waals surface area contributed by atoms with E-state index in [2.05, 4.69) is 22.2 Å². The lowest BCUT2D eigenvalue weighted by Crippen LogP contribution is -2.45. The molecule has 1 N–H and O–H groups in total. The number of hydrogen-bond donors (Lipinski definition) is 1. The second-order valence-electron chi connectivity index (χ2n) is 5.71. The molecule has 1 aliphatic heterocycles. The van der Waals surface area contributed by atoms with E-state index in [9.17, 15) is 9.18 Å². The molecule has 1 aromatic carbocycles. The number of ether oxygens (including phenoxy) is 1. The van der Waals surface area contributed by atoms with Gasteiger partial charge in [-0.15, -0.1) is 0 Å². The molecule has 0 aromatic heterocycles. The van der Waals surface area contributed by atoms with Gasteiger partial charge in [-0.25, -0.2) is 4.39 Å². The Bertz CT molecular complexity index is 522. The molecule has 2 rings (SSSR count). The number of rotatable bonds is 7. The Kier molecular flexibility index (Phi) is 7.08. The average molecular weight is 344 g/mol. The Balaban J connectivity index is 1.57. The van der Waals surface area contributed by atoms with Crippen molar-refractivity contribution < 1.29 is 13.9 Å². The number of benzene rings is 1. The van der Waals surface area contributed by atoms with E-state index in [-0.39, 0.29) is 17.5 Å². The number of carbonyl (C=O) groups excluding carboxylic acids is 1. The van der Waals surface area contributed by atoms with E-state index in [0.29, 0.717) is 12.3 Å². The van der Waals surface area contributed by atoms with Crippen molar-refractivity contribution in [2.24, 2.45) is 0 Å². The molecule has 1 amide bonds. The number of nitrogens with zero attached hydrogens (tertiary/aromatic N) is 2. The van der Waals surface area contributed by atoms with Crippen LogP contribution < -0.4 is 10.1 Å². The molecule has 7 heteroatoms. The van der Waals surface area contributed by atoms with E-state index in [1.165, 1.54) is 18.2 Å². The van der Waals surface area contributed by atoms with Crippen molar-refractivity contribution in [2.45, 2.75) is 6.42 Å². The Morgan fingerprint density at radius 3 is 2.78 bits per heavy atom. The molecular weight excluding hydrogens is 321 g/mol. The van der Waals surface area contributed by atoms with Gasteiger partial charge in [0.25, 0.3) is 5.91 Å². The number of halogens is 2. The Morgan fingerprint density at radius 1 is 1.35 bits per heavy atom. The fourth-order valence-electron chi connectivity index (χ4n) is 2.37. The van der Waals surface area contributed by atoms with Gasteiger partial charge in [0.05, 0.1) is 5.02 Å². The Labute approximate surface area is 141 Å². The molecule has 0 saturated carbocycles. The smallest absolute Gasteiger partial charge is 0.257 e. The number of piperazine rings is 1. The van der Waals surface area contributed by atoms with Crippen LogP contribution in [0.5, 0.6) is 5.75 Å². The van der Waals surface area contributed by atoms with E-state index < -0.39 is 5.82 Å². The van der Waals surface area contributed by atoms with Crippen LogP contribution in [0.25, 0.3) is 0 Å². The molecule has 1 heterocycles. The molecule has 0 spiro atoms. The zero-order valence-corrected chi connectivity index (χ0v) is 14.1. The molecule has 0 unspecified atom stereocenters. The average Bonchev–Trinajstić information content (AvgIpc) is 2.54. The van der Waals surface area contributed by atoms with Crippen LogP contribution in [0.4, 0.5) is 4.39 Å². The molecule has 1 aliphatic rings. The van der Waals surface area contributed by atoms with Crippen molar-refractivity contribution in [1.29, 1.82) is 0 Å². The lowest BCUT2D eigenvalue weighted by atomic mass is 10.3. The van der Waals surface area contributed by atoms with Crippen LogP contribution in [-0.2, 0) is 4.79 Å². The van der Waals surface area contributed by atoms with Crippen molar-refractivity contribution >= 4 is 17.5 Å². The van der Waals surface area contributed by atoms with Gasteiger partial charge in [-0.3, -0.25) is 4.79 Å². The predicted molar refractivity (Wildman–Crippen MR) is 88.5 cm³/mol. The molecule has 1 aromatic rings. The Morgan fingerprint density at radius 2 is 2.09 bits per heavy atom. The standard InChI is InChI=1S/C16H23ClFN3O2/c1-20-7-9-21(10-8-20)6-2-5-19-16(22)12-23-13-3-4-15(18)14(17)11-13/h3-4,11H,2,5-10,12H2,1H3,(H,19,22). The van der Waals surface area contributed by atoms with Gasteiger partial charge in [0.2, 0.25) is 0 Å². The van der Waals surface area contributed by atoms with Crippen LogP contribution in [0.2, 0.25) is 5.02 Å². The maximum atomic E-state index is 13.0. The van der Waals surface area contributed by atoms with Crippen LogP contribution >= 0.6 is 11.6 Å². The molecule has 1 fully saturated rings. The van der Waals surface area contributed by atoms with Gasteiger partial charge in [-0.2, -0.15) is 0 Å². The molecule has 23 heavy (non-hydrogen) atoms. The van der Waals surface area contributed by atoms with Gasteiger partial charge in [0, 0.05) is 38.8 Å². The van der Waals surface area contributed by atoms with E-state index in [1.54, 1.807) is 0 Å². The van der Waals surface area contributed by atoms with Gasteiger partial charge in [0.15, 0.2) is 6.61 Å². The highest BCUT2D eigenvalue weighted by atomic mass is 35.5. The minimum absolute atomic E-state index is 0.0184. The van der Waals surface area contributed by atoms with E-state index in [1.807, 2.05) is 0 Å². The number of amides is 1. The first kappa shape index (κ1) is 18.0. The third kappa shape index (κ3) is 6.33. The van der Waals surface area contributed by atoms with Crippen molar-refractivity contribution in [3.63, 3.8) is 0 Å². The van der Waals surface area contributed by atoms with Crippen molar-refractivity contribution in [2.75, 3.05) is 52.9 Å². The third-order valence-electron chi connectivity index (χ3n) is 3.83. The van der Waals surface area contributed by atoms with E-state index >= 15 is 0 Å². The highest BCUT2D eigenvalue weighted by molar-refractivity contribution is 6.30. The predicted octanol–water partition coefficient (Wildman–Crippen LogP) is 1.61. The summed E-state index contributed by atoms with van der Waals surface area (Å²) in [6.45, 7) is 5.87. The number of nitrogens with one attached hydrogen (secondary N) is 1. The first-order chi connectivity index (χ1) is 11.0. The summed E-state index contributed by atoms with van der Waals surface area (Å²) in [6, 6.07) is 4.02. The summed E-state index contributed by atoms with van der Waals surface area (Å²) in [4.78, 5) is 16.4. The quantitative estimate of drug-likeness (QED) is 0.764. The molecule has 0 bridgehead atoms. The molecule has 5 nitrogen and oxygen atoms in total. The highest BCUT2D eigenvalue weighted by Crippen LogP contribution is 2.20. The summed E-state index contributed by atoms with van der Waals surface area (Å²) >= 11 is 5.65. The molecule has 0 aliphatic carbocycles. The highest BCUT2D eigenvalue weighted by Gasteiger charge is 2.13. The normalized spacial score (nSPS) is 16.3.